The number of anilines is 1. The summed E-state index contributed by atoms with van der Waals surface area (Å²) >= 11 is 9.74. The van der Waals surface area contributed by atoms with Crippen molar-refractivity contribution >= 4 is 55.1 Å². The Kier molecular flexibility index (Phi) is 10.4. The number of nitrogens with zero attached hydrogens (tertiary/aromatic N) is 2. The van der Waals surface area contributed by atoms with Gasteiger partial charge in [0.05, 0.1) is 10.6 Å². The average molecular weight is 669 g/mol. The number of likely N-dealkylation sites (N-methyl/N-ethyl adjacent to an activating group) is 1. The van der Waals surface area contributed by atoms with Gasteiger partial charge in [-0.25, -0.2) is 8.42 Å². The number of sulfonamides is 1. The van der Waals surface area contributed by atoms with Gasteiger partial charge in [0.25, 0.3) is 10.0 Å². The van der Waals surface area contributed by atoms with Crippen LogP contribution in [0.15, 0.2) is 112 Å². The van der Waals surface area contributed by atoms with Crippen molar-refractivity contribution in [3.05, 3.63) is 129 Å². The number of amides is 2. The quantitative estimate of drug-likeness (QED) is 0.213. The third kappa shape index (κ3) is 7.59. The number of hydrogen-bond acceptors (Lipinski definition) is 4. The molecule has 4 aromatic carbocycles. The van der Waals surface area contributed by atoms with Gasteiger partial charge in [-0.15, -0.1) is 0 Å². The molecule has 0 unspecified atom stereocenters. The molecule has 218 valence electrons. The lowest BCUT2D eigenvalue weighted by Crippen LogP contribution is -2.53. The van der Waals surface area contributed by atoms with Crippen LogP contribution in [0.5, 0.6) is 0 Å². The van der Waals surface area contributed by atoms with Crippen LogP contribution >= 0.6 is 27.5 Å². The summed E-state index contributed by atoms with van der Waals surface area (Å²) in [7, 11) is -2.67. The topological polar surface area (TPSA) is 86.8 Å². The molecule has 7 nitrogen and oxygen atoms in total. The number of benzene rings is 4. The summed E-state index contributed by atoms with van der Waals surface area (Å²) < 4.78 is 30.0. The Labute approximate surface area is 260 Å². The van der Waals surface area contributed by atoms with Gasteiger partial charge < -0.3 is 10.2 Å². The predicted molar refractivity (Wildman–Crippen MR) is 170 cm³/mol. The smallest absolute Gasteiger partial charge is 0.264 e. The zero-order chi connectivity index (χ0) is 30.3. The molecule has 0 aromatic heterocycles. The van der Waals surface area contributed by atoms with Crippen molar-refractivity contribution < 1.29 is 18.0 Å². The number of halogens is 2. The maximum Gasteiger partial charge on any atom is 0.264 e. The van der Waals surface area contributed by atoms with Crippen LogP contribution < -0.4 is 9.62 Å². The molecule has 0 saturated carbocycles. The third-order valence-electron chi connectivity index (χ3n) is 6.83. The van der Waals surface area contributed by atoms with Crippen LogP contribution in [0, 0.1) is 6.92 Å². The minimum Gasteiger partial charge on any atom is -0.357 e. The van der Waals surface area contributed by atoms with Gasteiger partial charge >= 0.3 is 0 Å². The van der Waals surface area contributed by atoms with E-state index in [-0.39, 0.29) is 29.5 Å². The Hall–Kier alpha value is -3.66. The fourth-order valence-electron chi connectivity index (χ4n) is 4.59. The minimum atomic E-state index is -4.19. The largest absolute Gasteiger partial charge is 0.357 e. The number of aryl methyl sites for hydroxylation is 1. The van der Waals surface area contributed by atoms with E-state index >= 15 is 0 Å². The molecule has 0 aliphatic carbocycles. The molecule has 1 atom stereocenters. The highest BCUT2D eigenvalue weighted by Gasteiger charge is 2.34. The lowest BCUT2D eigenvalue weighted by Gasteiger charge is -2.34. The molecule has 0 spiro atoms. The summed E-state index contributed by atoms with van der Waals surface area (Å²) in [6.45, 7) is 1.30. The van der Waals surface area contributed by atoms with E-state index in [9.17, 15) is 18.0 Å². The second kappa shape index (κ2) is 14.0. The first kappa shape index (κ1) is 31.3. The summed E-state index contributed by atoms with van der Waals surface area (Å²) in [5, 5.41) is 3.01. The number of carbonyl (C=O) groups excluding carboxylic acids is 2. The van der Waals surface area contributed by atoms with E-state index in [0.29, 0.717) is 10.6 Å². The van der Waals surface area contributed by atoms with Gasteiger partial charge in [0.2, 0.25) is 11.8 Å². The minimum absolute atomic E-state index is 0.0313. The maximum absolute atomic E-state index is 14.3. The van der Waals surface area contributed by atoms with E-state index in [1.165, 1.54) is 30.1 Å². The van der Waals surface area contributed by atoms with E-state index in [1.807, 2.05) is 54.6 Å². The summed E-state index contributed by atoms with van der Waals surface area (Å²) in [6.07, 6.45) is 0.240. The molecule has 1 N–H and O–H groups in total. The third-order valence-corrected chi connectivity index (χ3v) is 9.37. The number of nitrogens with one attached hydrogen (secondary N) is 1. The van der Waals surface area contributed by atoms with Crippen molar-refractivity contribution in [2.75, 3.05) is 17.9 Å². The van der Waals surface area contributed by atoms with Gasteiger partial charge in [-0.05, 0) is 60.0 Å². The molecule has 0 aliphatic heterocycles. The van der Waals surface area contributed by atoms with Crippen molar-refractivity contribution in [3.63, 3.8) is 0 Å². The highest BCUT2D eigenvalue weighted by Crippen LogP contribution is 2.30. The second-order valence-electron chi connectivity index (χ2n) is 9.72. The fourth-order valence-corrected chi connectivity index (χ4v) is 6.51. The molecule has 0 aliphatic rings. The van der Waals surface area contributed by atoms with Crippen molar-refractivity contribution in [1.29, 1.82) is 0 Å². The first-order valence-electron chi connectivity index (χ1n) is 13.2. The standard InChI is InChI=1S/C32H31BrClN3O4S/c1-23-13-18-27(34)20-29(23)37(42(40,41)28-11-7-4-8-12-28)22-31(38)36(21-25-14-16-26(33)17-15-25)30(32(39)35-2)19-24-9-5-3-6-10-24/h3-18,20,30H,19,21-22H2,1-2H3,(H,35,39)/t30-/m0/s1. The Morgan fingerprint density at radius 3 is 2.12 bits per heavy atom. The van der Waals surface area contributed by atoms with E-state index in [1.54, 1.807) is 37.3 Å². The van der Waals surface area contributed by atoms with Gasteiger partial charge in [0.1, 0.15) is 12.6 Å². The van der Waals surface area contributed by atoms with Crippen LogP contribution in [0.1, 0.15) is 16.7 Å². The first-order chi connectivity index (χ1) is 20.1. The van der Waals surface area contributed by atoms with Crippen LogP contribution in [0.25, 0.3) is 0 Å². The Morgan fingerprint density at radius 2 is 1.50 bits per heavy atom. The SMILES string of the molecule is CNC(=O)[C@H](Cc1ccccc1)N(Cc1ccc(Br)cc1)C(=O)CN(c1cc(Cl)ccc1C)S(=O)(=O)c1ccccc1. The Morgan fingerprint density at radius 1 is 0.881 bits per heavy atom. The molecule has 0 saturated heterocycles. The molecular formula is C32H31BrClN3O4S. The van der Waals surface area contributed by atoms with E-state index in [2.05, 4.69) is 21.2 Å². The van der Waals surface area contributed by atoms with Crippen molar-refractivity contribution in [2.24, 2.45) is 0 Å². The van der Waals surface area contributed by atoms with Gasteiger partial charge in [-0.1, -0.05) is 94.3 Å². The van der Waals surface area contributed by atoms with Gasteiger partial charge in [-0.2, -0.15) is 0 Å². The normalized spacial score (nSPS) is 11.9. The van der Waals surface area contributed by atoms with Crippen molar-refractivity contribution in [2.45, 2.75) is 30.8 Å². The molecular weight excluding hydrogens is 638 g/mol. The van der Waals surface area contributed by atoms with Crippen LogP contribution in [0.4, 0.5) is 5.69 Å². The van der Waals surface area contributed by atoms with Crippen molar-refractivity contribution in [1.82, 2.24) is 10.2 Å². The summed E-state index contributed by atoms with van der Waals surface area (Å²) in [5.41, 5.74) is 2.55. The summed E-state index contributed by atoms with van der Waals surface area (Å²) in [4.78, 5) is 29.1. The second-order valence-corrected chi connectivity index (χ2v) is 12.9. The zero-order valence-corrected chi connectivity index (χ0v) is 26.4. The Balaban J connectivity index is 1.81. The van der Waals surface area contributed by atoms with E-state index in [0.717, 1.165) is 19.9 Å². The van der Waals surface area contributed by atoms with Gasteiger partial charge in [0, 0.05) is 29.5 Å². The monoisotopic (exact) mass is 667 g/mol. The molecule has 10 heteroatoms. The number of carbonyl (C=O) groups is 2. The van der Waals surface area contributed by atoms with E-state index < -0.39 is 28.5 Å². The molecule has 0 fully saturated rings. The van der Waals surface area contributed by atoms with Crippen LogP contribution in [-0.4, -0.2) is 44.8 Å². The highest BCUT2D eigenvalue weighted by molar-refractivity contribution is 9.10. The van der Waals surface area contributed by atoms with Crippen LogP contribution in [-0.2, 0) is 32.6 Å². The van der Waals surface area contributed by atoms with Crippen LogP contribution in [0.3, 0.4) is 0 Å². The molecule has 42 heavy (non-hydrogen) atoms. The molecule has 0 bridgehead atoms. The fraction of sp³-hybridized carbons (Fsp3) is 0.188. The maximum atomic E-state index is 14.3. The highest BCUT2D eigenvalue weighted by atomic mass is 79.9. The molecule has 0 heterocycles. The van der Waals surface area contributed by atoms with Gasteiger partial charge in [0.15, 0.2) is 0 Å². The van der Waals surface area contributed by atoms with Crippen molar-refractivity contribution in [3.8, 4) is 0 Å². The zero-order valence-electron chi connectivity index (χ0n) is 23.2. The number of hydrogen-bond donors (Lipinski definition) is 1. The molecule has 2 amide bonds. The molecule has 0 radical (unpaired) electrons. The lowest BCUT2D eigenvalue weighted by atomic mass is 10.0. The molecule has 4 aromatic rings. The van der Waals surface area contributed by atoms with Gasteiger partial charge in [-0.3, -0.25) is 13.9 Å². The van der Waals surface area contributed by atoms with Crippen LogP contribution in [0.2, 0.25) is 5.02 Å². The first-order valence-corrected chi connectivity index (χ1v) is 15.8. The molecule has 4 rings (SSSR count). The van der Waals surface area contributed by atoms with E-state index in [4.69, 9.17) is 11.6 Å². The number of rotatable bonds is 11. The predicted octanol–water partition coefficient (Wildman–Crippen LogP) is 5.99. The lowest BCUT2D eigenvalue weighted by molar-refractivity contribution is -0.139. The average Bonchev–Trinajstić information content (AvgIpc) is 3.00. The summed E-state index contributed by atoms with van der Waals surface area (Å²) in [6, 6.07) is 28.7. The Bertz CT molecular complexity index is 1640. The summed E-state index contributed by atoms with van der Waals surface area (Å²) in [5.74, 6) is -0.901.